The molecule has 2 N–H and O–H groups in total. The third-order valence-electron chi connectivity index (χ3n) is 3.93. The van der Waals surface area contributed by atoms with Gasteiger partial charge in [0.15, 0.2) is 0 Å². The molecule has 7 heteroatoms. The van der Waals surface area contributed by atoms with Gasteiger partial charge >= 0.3 is 0 Å². The van der Waals surface area contributed by atoms with Gasteiger partial charge < -0.3 is 10.6 Å². The van der Waals surface area contributed by atoms with Crippen molar-refractivity contribution in [2.45, 2.75) is 6.54 Å². The van der Waals surface area contributed by atoms with Crippen LogP contribution in [0.3, 0.4) is 0 Å². The largest absolute Gasteiger partial charge is 0.366 e. The fourth-order valence-electron chi connectivity index (χ4n) is 2.66. The van der Waals surface area contributed by atoms with E-state index in [1.54, 1.807) is 6.07 Å². The SMILES string of the molecule is NC(=O)c1cnc(N2CCN(Cc3ccncc3)CC2)c(Cl)c1. The summed E-state index contributed by atoms with van der Waals surface area (Å²) in [4.78, 5) is 24.0. The smallest absolute Gasteiger partial charge is 0.250 e. The second kappa shape index (κ2) is 6.93. The Kier molecular flexibility index (Phi) is 4.73. The van der Waals surface area contributed by atoms with E-state index < -0.39 is 5.91 Å². The Morgan fingerprint density at radius 1 is 1.22 bits per heavy atom. The highest BCUT2D eigenvalue weighted by Crippen LogP contribution is 2.25. The molecule has 3 heterocycles. The molecule has 120 valence electrons. The van der Waals surface area contributed by atoms with Crippen LogP contribution in [0.4, 0.5) is 5.82 Å². The summed E-state index contributed by atoms with van der Waals surface area (Å²) in [5, 5.41) is 0.462. The van der Waals surface area contributed by atoms with E-state index in [1.165, 1.54) is 11.8 Å². The van der Waals surface area contributed by atoms with Crippen molar-refractivity contribution in [1.29, 1.82) is 0 Å². The maximum Gasteiger partial charge on any atom is 0.250 e. The van der Waals surface area contributed by atoms with Crippen LogP contribution in [0.25, 0.3) is 0 Å². The molecule has 1 aliphatic rings. The normalized spacial score (nSPS) is 15.6. The van der Waals surface area contributed by atoms with E-state index in [2.05, 4.69) is 19.8 Å². The van der Waals surface area contributed by atoms with Gasteiger partial charge in [-0.15, -0.1) is 0 Å². The first-order chi connectivity index (χ1) is 11.1. The van der Waals surface area contributed by atoms with Crippen molar-refractivity contribution >= 4 is 23.3 Å². The summed E-state index contributed by atoms with van der Waals surface area (Å²) in [5.74, 6) is 0.188. The van der Waals surface area contributed by atoms with Gasteiger partial charge in [-0.25, -0.2) is 4.98 Å². The third-order valence-corrected chi connectivity index (χ3v) is 4.21. The summed E-state index contributed by atoms with van der Waals surface area (Å²) in [6.07, 6.45) is 5.11. The van der Waals surface area contributed by atoms with Gasteiger partial charge in [-0.3, -0.25) is 14.7 Å². The highest BCUT2D eigenvalue weighted by Gasteiger charge is 2.20. The Hall–Kier alpha value is -2.18. The van der Waals surface area contributed by atoms with Gasteiger partial charge in [0.2, 0.25) is 5.91 Å². The number of nitrogens with zero attached hydrogens (tertiary/aromatic N) is 4. The summed E-state index contributed by atoms with van der Waals surface area (Å²) < 4.78 is 0. The van der Waals surface area contributed by atoms with Crippen molar-refractivity contribution in [3.05, 3.63) is 52.9 Å². The molecular weight excluding hydrogens is 314 g/mol. The first-order valence-corrected chi connectivity index (χ1v) is 7.83. The Bertz CT molecular complexity index is 686. The average molecular weight is 332 g/mol. The fourth-order valence-corrected chi connectivity index (χ4v) is 2.95. The number of pyridine rings is 2. The lowest BCUT2D eigenvalue weighted by atomic mass is 10.2. The molecule has 0 spiro atoms. The number of primary amides is 1. The van der Waals surface area contributed by atoms with Crippen molar-refractivity contribution in [2.24, 2.45) is 5.73 Å². The highest BCUT2D eigenvalue weighted by atomic mass is 35.5. The summed E-state index contributed by atoms with van der Waals surface area (Å²) >= 11 is 6.24. The predicted octanol–water partition coefficient (Wildman–Crippen LogP) is 1.55. The van der Waals surface area contributed by atoms with E-state index in [0.717, 1.165) is 32.7 Å². The Morgan fingerprint density at radius 2 is 1.91 bits per heavy atom. The van der Waals surface area contributed by atoms with Crippen LogP contribution in [0, 0.1) is 0 Å². The van der Waals surface area contributed by atoms with Gasteiger partial charge in [0.1, 0.15) is 5.82 Å². The van der Waals surface area contributed by atoms with Gasteiger partial charge in [-0.2, -0.15) is 0 Å². The van der Waals surface area contributed by atoms with Gasteiger partial charge in [0.25, 0.3) is 0 Å². The van der Waals surface area contributed by atoms with E-state index in [0.29, 0.717) is 16.4 Å². The van der Waals surface area contributed by atoms with Crippen LogP contribution in [0.15, 0.2) is 36.8 Å². The average Bonchev–Trinajstić information content (AvgIpc) is 2.56. The van der Waals surface area contributed by atoms with Crippen LogP contribution in [0.2, 0.25) is 5.02 Å². The van der Waals surface area contributed by atoms with E-state index in [-0.39, 0.29) is 0 Å². The van der Waals surface area contributed by atoms with Gasteiger partial charge in [-0.1, -0.05) is 11.6 Å². The number of aromatic nitrogens is 2. The molecule has 23 heavy (non-hydrogen) atoms. The number of amides is 1. The highest BCUT2D eigenvalue weighted by molar-refractivity contribution is 6.33. The van der Waals surface area contributed by atoms with Crippen molar-refractivity contribution < 1.29 is 4.79 Å². The van der Waals surface area contributed by atoms with Gasteiger partial charge in [0.05, 0.1) is 10.6 Å². The molecule has 1 amide bonds. The van der Waals surface area contributed by atoms with Crippen molar-refractivity contribution in [1.82, 2.24) is 14.9 Å². The Morgan fingerprint density at radius 3 is 2.52 bits per heavy atom. The van der Waals surface area contributed by atoms with E-state index in [9.17, 15) is 4.79 Å². The number of rotatable bonds is 4. The zero-order valence-corrected chi connectivity index (χ0v) is 13.4. The molecule has 2 aromatic rings. The standard InChI is InChI=1S/C16H18ClN5O/c17-14-9-13(15(18)23)10-20-16(14)22-7-5-21(6-8-22)11-12-1-3-19-4-2-12/h1-4,9-10H,5-8,11H2,(H2,18,23). The Labute approximate surface area is 139 Å². The number of halogens is 1. The molecule has 6 nitrogen and oxygen atoms in total. The molecule has 3 rings (SSSR count). The van der Waals surface area contributed by atoms with Crippen molar-refractivity contribution in [3.8, 4) is 0 Å². The molecule has 1 fully saturated rings. The number of nitrogens with two attached hydrogens (primary N) is 1. The van der Waals surface area contributed by atoms with Crippen molar-refractivity contribution in [3.63, 3.8) is 0 Å². The molecular formula is C16H18ClN5O. The van der Waals surface area contributed by atoms with Crippen LogP contribution >= 0.6 is 11.6 Å². The Balaban J connectivity index is 1.62. The molecule has 0 radical (unpaired) electrons. The zero-order valence-electron chi connectivity index (χ0n) is 12.7. The third kappa shape index (κ3) is 3.78. The number of anilines is 1. The van der Waals surface area contributed by atoms with Crippen LogP contribution in [-0.2, 0) is 6.54 Å². The summed E-state index contributed by atoms with van der Waals surface area (Å²) in [5.41, 5.74) is 6.83. The number of hydrogen-bond donors (Lipinski definition) is 1. The second-order valence-corrected chi connectivity index (χ2v) is 5.92. The minimum absolute atomic E-state index is 0.329. The van der Waals surface area contributed by atoms with Crippen LogP contribution in [0.1, 0.15) is 15.9 Å². The van der Waals surface area contributed by atoms with Crippen LogP contribution < -0.4 is 10.6 Å². The summed E-state index contributed by atoms with van der Waals surface area (Å²) in [6.45, 7) is 4.45. The minimum Gasteiger partial charge on any atom is -0.366 e. The molecule has 0 saturated carbocycles. The lowest BCUT2D eigenvalue weighted by Crippen LogP contribution is -2.46. The van der Waals surface area contributed by atoms with E-state index in [1.807, 2.05) is 24.5 Å². The molecule has 0 aromatic carbocycles. The molecule has 0 atom stereocenters. The summed E-state index contributed by atoms with van der Waals surface area (Å²) in [7, 11) is 0. The van der Waals surface area contributed by atoms with Crippen LogP contribution in [-0.4, -0.2) is 47.0 Å². The molecule has 1 saturated heterocycles. The minimum atomic E-state index is -0.520. The van der Waals surface area contributed by atoms with E-state index >= 15 is 0 Å². The maximum atomic E-state index is 11.2. The molecule has 1 aliphatic heterocycles. The predicted molar refractivity (Wildman–Crippen MR) is 89.5 cm³/mol. The maximum absolute atomic E-state index is 11.2. The molecule has 0 bridgehead atoms. The van der Waals surface area contributed by atoms with Gasteiger partial charge in [0, 0.05) is 51.3 Å². The monoisotopic (exact) mass is 331 g/mol. The molecule has 0 aliphatic carbocycles. The number of carbonyl (C=O) groups is 1. The zero-order chi connectivity index (χ0) is 16.2. The molecule has 2 aromatic heterocycles. The number of piperazine rings is 1. The lowest BCUT2D eigenvalue weighted by molar-refractivity contribution is 0.1000. The summed E-state index contributed by atoms with van der Waals surface area (Å²) in [6, 6.07) is 5.65. The second-order valence-electron chi connectivity index (χ2n) is 5.51. The first-order valence-electron chi connectivity index (χ1n) is 7.45. The quantitative estimate of drug-likeness (QED) is 0.920. The lowest BCUT2D eigenvalue weighted by Gasteiger charge is -2.35. The first kappa shape index (κ1) is 15.7. The fraction of sp³-hybridized carbons (Fsp3) is 0.312. The van der Waals surface area contributed by atoms with Crippen molar-refractivity contribution in [2.75, 3.05) is 31.1 Å². The van der Waals surface area contributed by atoms with E-state index in [4.69, 9.17) is 17.3 Å². The molecule has 0 unspecified atom stereocenters. The topological polar surface area (TPSA) is 75.4 Å². The number of hydrogen-bond acceptors (Lipinski definition) is 5. The number of carbonyl (C=O) groups excluding carboxylic acids is 1. The van der Waals surface area contributed by atoms with Gasteiger partial charge in [-0.05, 0) is 23.8 Å². The van der Waals surface area contributed by atoms with Crippen LogP contribution in [0.5, 0.6) is 0 Å².